The number of carbonyl (C=O) groups excluding carboxylic acids is 4. The third kappa shape index (κ3) is 22.3. The Morgan fingerprint density at radius 2 is 1.00 bits per heavy atom. The minimum absolute atomic E-state index is 0.112. The summed E-state index contributed by atoms with van der Waals surface area (Å²) in [6.07, 6.45) is 16.8. The van der Waals surface area contributed by atoms with Crippen LogP contribution in [0.15, 0.2) is 12.1 Å². The average Bonchev–Trinajstić information content (AvgIpc) is 3.30. The number of carbonyl (C=O) groups is 4. The molecule has 264 valence electrons. The minimum Gasteiger partial charge on any atom is -0.492 e. The number of nitrogens with zero attached hydrogens (tertiary/aromatic N) is 2. The first-order chi connectivity index (χ1) is 22.0. The van der Waals surface area contributed by atoms with Crippen molar-refractivity contribution in [2.75, 3.05) is 47.0 Å². The van der Waals surface area contributed by atoms with Gasteiger partial charge >= 0.3 is 23.9 Å². The van der Waals surface area contributed by atoms with Gasteiger partial charge in [-0.05, 0) is 25.7 Å². The van der Waals surface area contributed by atoms with Crippen molar-refractivity contribution in [3.63, 3.8) is 0 Å². The summed E-state index contributed by atoms with van der Waals surface area (Å²) in [5.41, 5.74) is 0. The Bertz CT molecular complexity index is 989. The van der Waals surface area contributed by atoms with Crippen molar-refractivity contribution < 1.29 is 52.9 Å². The van der Waals surface area contributed by atoms with E-state index in [4.69, 9.17) is 19.0 Å². The van der Waals surface area contributed by atoms with Crippen molar-refractivity contribution in [2.45, 2.75) is 122 Å². The lowest BCUT2D eigenvalue weighted by atomic mass is 10.1. The van der Waals surface area contributed by atoms with Gasteiger partial charge in [-0.2, -0.15) is 0 Å². The van der Waals surface area contributed by atoms with E-state index in [1.807, 2.05) is 14.1 Å². The van der Waals surface area contributed by atoms with Crippen molar-refractivity contribution in [2.24, 2.45) is 0 Å². The Balaban J connectivity index is 1.82. The van der Waals surface area contributed by atoms with Crippen LogP contribution in [0.4, 0.5) is 0 Å². The van der Waals surface area contributed by atoms with Gasteiger partial charge in [-0.3, -0.25) is 9.59 Å². The minimum atomic E-state index is -0.498. The highest BCUT2D eigenvalue weighted by molar-refractivity contribution is 5.70. The molecule has 1 aromatic heterocycles. The second-order valence-corrected chi connectivity index (χ2v) is 12.6. The number of hydrogen-bond donors (Lipinski definition) is 2. The Morgan fingerprint density at radius 1 is 0.587 bits per heavy atom. The Labute approximate surface area is 274 Å². The molecule has 0 atom stereocenters. The maximum atomic E-state index is 12.0. The van der Waals surface area contributed by atoms with Crippen LogP contribution in [0, 0.1) is 0 Å². The normalized spacial score (nSPS) is 11.3. The molecular weight excluding hydrogens is 596 g/mol. The molecule has 0 fully saturated rings. The zero-order chi connectivity index (χ0) is 34.0. The van der Waals surface area contributed by atoms with Crippen LogP contribution in [0.1, 0.15) is 122 Å². The highest BCUT2D eigenvalue weighted by atomic mass is 16.7. The lowest BCUT2D eigenvalue weighted by Crippen LogP contribution is -2.46. The fourth-order valence-electron chi connectivity index (χ4n) is 4.86. The molecule has 0 unspecified atom stereocenters. The molecule has 0 aliphatic heterocycles. The van der Waals surface area contributed by atoms with Gasteiger partial charge in [0.2, 0.25) is 11.8 Å². The smallest absolute Gasteiger partial charge is 0.361 e. The zero-order valence-corrected chi connectivity index (χ0v) is 28.5. The van der Waals surface area contributed by atoms with E-state index in [0.717, 1.165) is 96.3 Å². The molecule has 0 radical (unpaired) electrons. The predicted octanol–water partition coefficient (Wildman–Crippen LogP) is 5.60. The van der Waals surface area contributed by atoms with E-state index < -0.39 is 5.97 Å². The van der Waals surface area contributed by atoms with Gasteiger partial charge in [0.1, 0.15) is 13.2 Å². The number of likely N-dealkylation sites (N-methyl/N-ethyl adjacent to an activating group) is 1. The van der Waals surface area contributed by atoms with Gasteiger partial charge in [0, 0.05) is 31.9 Å². The first kappa shape index (κ1) is 40.7. The number of esters is 3. The van der Waals surface area contributed by atoms with Gasteiger partial charge in [0.25, 0.3) is 0 Å². The molecular formula is C34H59N2O10+. The van der Waals surface area contributed by atoms with Crippen LogP contribution in [0.25, 0.3) is 0 Å². The van der Waals surface area contributed by atoms with E-state index in [1.165, 1.54) is 19.1 Å². The van der Waals surface area contributed by atoms with E-state index in [9.17, 15) is 29.4 Å². The third-order valence-electron chi connectivity index (χ3n) is 7.63. The standard InChI is InChI=1S/C34H58N2O10/c1-29(37)43-27-24-36(2,3)28-34(42)45-26-19-15-11-7-6-10-14-18-25-44-32(40)20-16-12-8-4-5-9-13-17-21-33(41)46-35-30(38)22-23-31(35)39/h22-23H,4-21,24-28H2,1-3H3,(H-,38,39)/p+1. The molecule has 12 heteroatoms. The fourth-order valence-corrected chi connectivity index (χ4v) is 4.86. The number of aromatic nitrogens is 1. The fraction of sp³-hybridized carbons (Fsp3) is 0.765. The average molecular weight is 656 g/mol. The summed E-state index contributed by atoms with van der Waals surface area (Å²) >= 11 is 0. The van der Waals surface area contributed by atoms with E-state index in [-0.39, 0.29) is 49.2 Å². The van der Waals surface area contributed by atoms with Crippen LogP contribution in [-0.2, 0) is 33.4 Å². The summed E-state index contributed by atoms with van der Waals surface area (Å²) in [5, 5.41) is 19.0. The number of ether oxygens (including phenoxy) is 3. The first-order valence-corrected chi connectivity index (χ1v) is 17.1. The van der Waals surface area contributed by atoms with Crippen LogP contribution in [0.3, 0.4) is 0 Å². The van der Waals surface area contributed by atoms with Crippen molar-refractivity contribution in [3.8, 4) is 11.8 Å². The van der Waals surface area contributed by atoms with Crippen LogP contribution < -0.4 is 4.84 Å². The molecule has 0 bridgehead atoms. The summed E-state index contributed by atoms with van der Waals surface area (Å²) in [4.78, 5) is 51.6. The molecule has 0 saturated carbocycles. The molecule has 1 aromatic rings. The molecule has 1 rings (SSSR count). The predicted molar refractivity (Wildman–Crippen MR) is 173 cm³/mol. The quantitative estimate of drug-likeness (QED) is 0.0505. The number of aromatic hydroxyl groups is 2. The number of hydrogen-bond acceptors (Lipinski definition) is 10. The monoisotopic (exact) mass is 655 g/mol. The second-order valence-electron chi connectivity index (χ2n) is 12.6. The summed E-state index contributed by atoms with van der Waals surface area (Å²) in [7, 11) is 3.82. The highest BCUT2D eigenvalue weighted by Gasteiger charge is 2.21. The molecule has 46 heavy (non-hydrogen) atoms. The summed E-state index contributed by atoms with van der Waals surface area (Å²) in [5.74, 6) is -1.80. The molecule has 1 heterocycles. The molecule has 0 aromatic carbocycles. The SMILES string of the molecule is CC(=O)OCC[N+](C)(C)CC(=O)OCCCCCCCCCCOC(=O)CCCCCCCCCCC(=O)On1c(O)ccc1O. The van der Waals surface area contributed by atoms with Gasteiger partial charge in [-0.15, -0.1) is 4.73 Å². The van der Waals surface area contributed by atoms with Crippen molar-refractivity contribution >= 4 is 23.9 Å². The zero-order valence-electron chi connectivity index (χ0n) is 28.5. The van der Waals surface area contributed by atoms with Crippen LogP contribution in [0.2, 0.25) is 0 Å². The summed E-state index contributed by atoms with van der Waals surface area (Å²) in [6, 6.07) is 2.49. The largest absolute Gasteiger partial charge is 0.492 e. The molecule has 0 amide bonds. The topological polar surface area (TPSA) is 151 Å². The van der Waals surface area contributed by atoms with E-state index >= 15 is 0 Å². The lowest BCUT2D eigenvalue weighted by Gasteiger charge is -2.28. The summed E-state index contributed by atoms with van der Waals surface area (Å²) in [6.45, 7) is 3.40. The molecule has 0 aliphatic rings. The van der Waals surface area contributed by atoms with Crippen LogP contribution in [0.5, 0.6) is 11.8 Å². The first-order valence-electron chi connectivity index (χ1n) is 17.1. The van der Waals surface area contributed by atoms with Gasteiger partial charge in [0.05, 0.1) is 27.3 Å². The van der Waals surface area contributed by atoms with Gasteiger partial charge in [-0.25, -0.2) is 9.59 Å². The van der Waals surface area contributed by atoms with E-state index in [1.54, 1.807) is 0 Å². The maximum absolute atomic E-state index is 12.0. The lowest BCUT2D eigenvalue weighted by molar-refractivity contribution is -0.883. The van der Waals surface area contributed by atoms with Gasteiger partial charge in [0.15, 0.2) is 6.54 Å². The van der Waals surface area contributed by atoms with Gasteiger partial charge < -0.3 is 33.7 Å². The van der Waals surface area contributed by atoms with E-state index in [2.05, 4.69) is 0 Å². The summed E-state index contributed by atoms with van der Waals surface area (Å²) < 4.78 is 16.8. The Kier molecular flexibility index (Phi) is 22.0. The Hall–Kier alpha value is -3.28. The van der Waals surface area contributed by atoms with Crippen molar-refractivity contribution in [1.82, 2.24) is 4.73 Å². The molecule has 0 spiro atoms. The van der Waals surface area contributed by atoms with E-state index in [0.29, 0.717) is 41.8 Å². The maximum Gasteiger partial charge on any atom is 0.361 e. The molecule has 2 N–H and O–H groups in total. The molecule has 0 aliphatic carbocycles. The number of unbranched alkanes of at least 4 members (excludes halogenated alkanes) is 14. The second kappa shape index (κ2) is 24.9. The van der Waals surface area contributed by atoms with Crippen molar-refractivity contribution in [3.05, 3.63) is 12.1 Å². The number of rotatable bonds is 28. The number of quaternary nitrogens is 1. The van der Waals surface area contributed by atoms with Gasteiger partial charge in [-0.1, -0.05) is 77.0 Å². The van der Waals surface area contributed by atoms with Crippen molar-refractivity contribution in [1.29, 1.82) is 0 Å². The van der Waals surface area contributed by atoms with Crippen LogP contribution >= 0.6 is 0 Å². The Morgan fingerprint density at radius 3 is 1.48 bits per heavy atom. The third-order valence-corrected chi connectivity index (χ3v) is 7.63. The molecule has 12 nitrogen and oxygen atoms in total. The van der Waals surface area contributed by atoms with Crippen LogP contribution in [-0.4, -0.2) is 90.3 Å². The molecule has 0 saturated heterocycles. The highest BCUT2D eigenvalue weighted by Crippen LogP contribution is 2.19.